The van der Waals surface area contributed by atoms with Gasteiger partial charge < -0.3 is 5.11 Å². The van der Waals surface area contributed by atoms with Crippen LogP contribution in [-0.2, 0) is 14.6 Å². The van der Waals surface area contributed by atoms with Crippen molar-refractivity contribution in [1.29, 1.82) is 0 Å². The van der Waals surface area contributed by atoms with Gasteiger partial charge in [0.2, 0.25) is 0 Å². The van der Waals surface area contributed by atoms with Crippen LogP contribution in [0.5, 0.6) is 0 Å². The van der Waals surface area contributed by atoms with Gasteiger partial charge >= 0.3 is 5.97 Å². The van der Waals surface area contributed by atoms with E-state index in [2.05, 4.69) is 9.78 Å². The molecule has 2 unspecified atom stereocenters. The minimum absolute atomic E-state index is 0.185. The Hall–Kier alpha value is -0.610. The highest BCUT2D eigenvalue weighted by atomic mass is 17.2. The molecular weight excluding hydrogens is 160 g/mol. The summed E-state index contributed by atoms with van der Waals surface area (Å²) in [6.45, 7) is 5.22. The van der Waals surface area contributed by atoms with Gasteiger partial charge in [-0.2, -0.15) is 4.89 Å². The van der Waals surface area contributed by atoms with Crippen LogP contribution in [0.2, 0.25) is 0 Å². The molecule has 0 radical (unpaired) electrons. The van der Waals surface area contributed by atoms with Gasteiger partial charge in [0.15, 0.2) is 0 Å². The zero-order chi connectivity index (χ0) is 9.56. The van der Waals surface area contributed by atoms with Gasteiger partial charge in [0.05, 0.1) is 12.7 Å². The number of hydrogen-bond donors (Lipinski definition) is 1. The second kappa shape index (κ2) is 5.97. The quantitative estimate of drug-likeness (QED) is 0.499. The highest BCUT2D eigenvalue weighted by Crippen LogP contribution is 2.05. The van der Waals surface area contributed by atoms with Crippen LogP contribution in [0, 0.1) is 5.92 Å². The second-order valence-electron chi connectivity index (χ2n) is 3.05. The van der Waals surface area contributed by atoms with Gasteiger partial charge in [-0.05, 0) is 19.3 Å². The molecule has 0 aliphatic heterocycles. The molecule has 4 nitrogen and oxygen atoms in total. The van der Waals surface area contributed by atoms with Crippen molar-refractivity contribution in [3.63, 3.8) is 0 Å². The number of hydrogen-bond acceptors (Lipinski definition) is 4. The minimum atomic E-state index is -0.459. The molecule has 0 aliphatic rings. The lowest BCUT2D eigenvalue weighted by atomic mass is 10.1. The molecule has 0 amide bonds. The number of aliphatic hydroxyl groups excluding tert-OH is 1. The van der Waals surface area contributed by atoms with Crippen molar-refractivity contribution in [2.45, 2.75) is 33.3 Å². The molecule has 1 N–H and O–H groups in total. The number of aliphatic hydroxyl groups is 1. The van der Waals surface area contributed by atoms with Crippen molar-refractivity contribution in [1.82, 2.24) is 0 Å². The molecule has 0 aromatic carbocycles. The molecule has 0 aliphatic carbocycles. The minimum Gasteiger partial charge on any atom is -0.393 e. The fourth-order valence-corrected chi connectivity index (χ4v) is 0.884. The van der Waals surface area contributed by atoms with Gasteiger partial charge in [-0.25, -0.2) is 4.79 Å². The summed E-state index contributed by atoms with van der Waals surface area (Å²) in [5.41, 5.74) is 0. The fraction of sp³-hybridized carbons (Fsp3) is 0.875. The Balaban J connectivity index is 3.31. The zero-order valence-electron chi connectivity index (χ0n) is 7.74. The largest absolute Gasteiger partial charge is 0.393 e. The summed E-state index contributed by atoms with van der Waals surface area (Å²) in [7, 11) is 0. The van der Waals surface area contributed by atoms with E-state index in [0.717, 1.165) is 0 Å². The first kappa shape index (κ1) is 11.4. The summed E-state index contributed by atoms with van der Waals surface area (Å²) >= 11 is 0. The smallest absolute Gasteiger partial charge is 0.339 e. The molecule has 72 valence electrons. The van der Waals surface area contributed by atoms with Crippen molar-refractivity contribution >= 4 is 5.97 Å². The predicted molar refractivity (Wildman–Crippen MR) is 43.2 cm³/mol. The Kier molecular flexibility index (Phi) is 5.66. The summed E-state index contributed by atoms with van der Waals surface area (Å²) in [5, 5.41) is 8.97. The van der Waals surface area contributed by atoms with Gasteiger partial charge in [0.25, 0.3) is 0 Å². The SMILES string of the molecule is CC(=O)OOCC(C)CC(C)O. The maximum Gasteiger partial charge on any atom is 0.339 e. The van der Waals surface area contributed by atoms with Gasteiger partial charge in [-0.15, -0.1) is 0 Å². The van der Waals surface area contributed by atoms with Gasteiger partial charge in [0.1, 0.15) is 0 Å². The standard InChI is InChI=1S/C8H16O4/c1-6(4-7(2)9)5-11-12-8(3)10/h6-7,9H,4-5H2,1-3H3. The van der Waals surface area contributed by atoms with Crippen LogP contribution in [0.1, 0.15) is 27.2 Å². The monoisotopic (exact) mass is 176 g/mol. The van der Waals surface area contributed by atoms with Crippen molar-refractivity contribution < 1.29 is 19.7 Å². The molecule has 0 aromatic heterocycles. The Morgan fingerprint density at radius 1 is 1.50 bits per heavy atom. The zero-order valence-corrected chi connectivity index (χ0v) is 7.74. The van der Waals surface area contributed by atoms with Gasteiger partial charge in [-0.1, -0.05) is 6.92 Å². The highest BCUT2D eigenvalue weighted by molar-refractivity contribution is 5.65. The lowest BCUT2D eigenvalue weighted by Crippen LogP contribution is -2.14. The Labute approximate surface area is 72.4 Å². The van der Waals surface area contributed by atoms with Crippen LogP contribution in [0.3, 0.4) is 0 Å². The topological polar surface area (TPSA) is 55.8 Å². The lowest BCUT2D eigenvalue weighted by Gasteiger charge is -2.11. The van der Waals surface area contributed by atoms with Crippen LogP contribution in [0.25, 0.3) is 0 Å². The molecular formula is C8H16O4. The summed E-state index contributed by atoms with van der Waals surface area (Å²) < 4.78 is 0. The van der Waals surface area contributed by atoms with Crippen molar-refractivity contribution in [3.05, 3.63) is 0 Å². The first-order chi connectivity index (χ1) is 5.52. The van der Waals surface area contributed by atoms with Gasteiger partial charge in [0, 0.05) is 6.92 Å². The predicted octanol–water partition coefficient (Wildman–Crippen LogP) is 0.888. The normalized spacial score (nSPS) is 15.3. The summed E-state index contributed by atoms with van der Waals surface area (Å²) in [6.07, 6.45) is 0.294. The van der Waals surface area contributed by atoms with Gasteiger partial charge in [-0.3, -0.25) is 4.89 Å². The molecule has 0 heterocycles. The van der Waals surface area contributed by atoms with E-state index in [1.807, 2.05) is 6.92 Å². The van der Waals surface area contributed by atoms with Crippen LogP contribution in [-0.4, -0.2) is 23.8 Å². The van der Waals surface area contributed by atoms with E-state index in [0.29, 0.717) is 13.0 Å². The van der Waals surface area contributed by atoms with Crippen LogP contribution in [0.4, 0.5) is 0 Å². The van der Waals surface area contributed by atoms with Crippen molar-refractivity contribution in [3.8, 4) is 0 Å². The average Bonchev–Trinajstić information content (AvgIpc) is 1.84. The fourth-order valence-electron chi connectivity index (χ4n) is 0.884. The van der Waals surface area contributed by atoms with E-state index in [9.17, 15) is 4.79 Å². The summed E-state index contributed by atoms with van der Waals surface area (Å²) in [6, 6.07) is 0. The Morgan fingerprint density at radius 2 is 2.08 bits per heavy atom. The first-order valence-corrected chi connectivity index (χ1v) is 4.00. The van der Waals surface area contributed by atoms with E-state index >= 15 is 0 Å². The van der Waals surface area contributed by atoms with E-state index in [1.165, 1.54) is 6.92 Å². The maximum absolute atomic E-state index is 10.3. The van der Waals surface area contributed by atoms with Crippen LogP contribution in [0.15, 0.2) is 0 Å². The maximum atomic E-state index is 10.3. The second-order valence-corrected chi connectivity index (χ2v) is 3.05. The molecule has 0 rings (SSSR count). The van der Waals surface area contributed by atoms with E-state index < -0.39 is 5.97 Å². The summed E-state index contributed by atoms with van der Waals surface area (Å²) in [4.78, 5) is 19.1. The third-order valence-electron chi connectivity index (χ3n) is 1.27. The molecule has 4 heteroatoms. The molecule has 12 heavy (non-hydrogen) atoms. The molecule has 0 spiro atoms. The van der Waals surface area contributed by atoms with Crippen molar-refractivity contribution in [2.75, 3.05) is 6.61 Å². The van der Waals surface area contributed by atoms with Crippen LogP contribution < -0.4 is 0 Å². The molecule has 2 atom stereocenters. The Morgan fingerprint density at radius 3 is 2.50 bits per heavy atom. The number of carbonyl (C=O) groups is 1. The molecule has 0 fully saturated rings. The third kappa shape index (κ3) is 7.50. The number of carbonyl (C=O) groups excluding carboxylic acids is 1. The third-order valence-corrected chi connectivity index (χ3v) is 1.27. The average molecular weight is 176 g/mol. The molecule has 0 bridgehead atoms. The van der Waals surface area contributed by atoms with Crippen LogP contribution >= 0.6 is 0 Å². The lowest BCUT2D eigenvalue weighted by molar-refractivity contribution is -0.275. The number of rotatable bonds is 5. The Bertz CT molecular complexity index is 133. The van der Waals surface area contributed by atoms with E-state index in [4.69, 9.17) is 5.11 Å². The van der Waals surface area contributed by atoms with E-state index in [1.54, 1.807) is 6.92 Å². The molecule has 0 saturated carbocycles. The first-order valence-electron chi connectivity index (χ1n) is 4.00. The summed E-state index contributed by atoms with van der Waals surface area (Å²) in [5.74, 6) is -0.274. The molecule has 0 saturated heterocycles. The van der Waals surface area contributed by atoms with Crippen molar-refractivity contribution in [2.24, 2.45) is 5.92 Å². The van der Waals surface area contributed by atoms with E-state index in [-0.39, 0.29) is 12.0 Å². The highest BCUT2D eigenvalue weighted by Gasteiger charge is 2.07. The molecule has 0 aromatic rings.